The van der Waals surface area contributed by atoms with Crippen molar-refractivity contribution in [3.8, 4) is 0 Å². The van der Waals surface area contributed by atoms with E-state index in [1.807, 2.05) is 27.7 Å². The highest BCUT2D eigenvalue weighted by Crippen LogP contribution is 2.11. The van der Waals surface area contributed by atoms with Crippen LogP contribution in [0.4, 0.5) is 0 Å². The highest BCUT2D eigenvalue weighted by atomic mass is 127. The van der Waals surface area contributed by atoms with Crippen molar-refractivity contribution >= 4 is 35.8 Å². The maximum absolute atomic E-state index is 11.7. The molecular weight excluding hydrogens is 379 g/mol. The van der Waals surface area contributed by atoms with Crippen molar-refractivity contribution in [3.63, 3.8) is 0 Å². The van der Waals surface area contributed by atoms with Crippen LogP contribution in [0.2, 0.25) is 0 Å². The topological polar surface area (TPSA) is 65.5 Å². The molecule has 0 unspecified atom stereocenters. The van der Waals surface area contributed by atoms with Crippen LogP contribution in [0.3, 0.4) is 0 Å². The molecule has 0 saturated carbocycles. The van der Waals surface area contributed by atoms with E-state index in [0.717, 1.165) is 25.5 Å². The molecule has 3 N–H and O–H groups in total. The fourth-order valence-corrected chi connectivity index (χ4v) is 1.52. The Morgan fingerprint density at radius 2 is 1.62 bits per heavy atom. The van der Waals surface area contributed by atoms with Crippen molar-refractivity contribution in [2.75, 3.05) is 26.2 Å². The van der Waals surface area contributed by atoms with Crippen molar-refractivity contribution < 1.29 is 4.79 Å². The van der Waals surface area contributed by atoms with Gasteiger partial charge >= 0.3 is 0 Å². The van der Waals surface area contributed by atoms with Crippen LogP contribution in [-0.2, 0) is 4.79 Å². The first-order valence-corrected chi connectivity index (χ1v) is 7.72. The van der Waals surface area contributed by atoms with Gasteiger partial charge in [0.1, 0.15) is 0 Å². The molecule has 0 aliphatic rings. The second-order valence-corrected chi connectivity index (χ2v) is 5.90. The van der Waals surface area contributed by atoms with Crippen molar-refractivity contribution in [3.05, 3.63) is 0 Å². The van der Waals surface area contributed by atoms with Crippen molar-refractivity contribution in [1.82, 2.24) is 16.0 Å². The van der Waals surface area contributed by atoms with Gasteiger partial charge in [-0.05, 0) is 13.3 Å². The molecule has 0 bridgehead atoms. The Morgan fingerprint density at radius 1 is 1.00 bits per heavy atom. The molecule has 0 atom stereocenters. The Hall–Kier alpha value is -0.530. The second kappa shape index (κ2) is 13.2. The van der Waals surface area contributed by atoms with Gasteiger partial charge in [-0.15, -0.1) is 24.0 Å². The van der Waals surface area contributed by atoms with E-state index in [9.17, 15) is 4.79 Å². The summed E-state index contributed by atoms with van der Waals surface area (Å²) >= 11 is 0. The number of carbonyl (C=O) groups excluding carboxylic acids is 1. The van der Waals surface area contributed by atoms with Gasteiger partial charge < -0.3 is 16.0 Å². The van der Waals surface area contributed by atoms with E-state index in [-0.39, 0.29) is 35.3 Å². The molecule has 0 aromatic heterocycles. The Balaban J connectivity index is 0. The highest BCUT2D eigenvalue weighted by Gasteiger charge is 2.20. The molecule has 0 aromatic rings. The SMILES string of the molecule is CCCCCN=C(NCC)NCCNC(=O)C(C)(C)C.I. The van der Waals surface area contributed by atoms with E-state index in [4.69, 9.17) is 0 Å². The molecule has 126 valence electrons. The Labute approximate surface area is 147 Å². The number of aliphatic imine (C=N–C) groups is 1. The van der Waals surface area contributed by atoms with Gasteiger partial charge in [0.25, 0.3) is 0 Å². The van der Waals surface area contributed by atoms with Crippen LogP contribution in [0.5, 0.6) is 0 Å². The number of hydrogen-bond donors (Lipinski definition) is 3. The van der Waals surface area contributed by atoms with Gasteiger partial charge in [0.15, 0.2) is 5.96 Å². The van der Waals surface area contributed by atoms with Gasteiger partial charge in [-0.1, -0.05) is 40.5 Å². The number of guanidine groups is 1. The summed E-state index contributed by atoms with van der Waals surface area (Å²) in [5.74, 6) is 0.901. The third-order valence-corrected chi connectivity index (χ3v) is 2.76. The van der Waals surface area contributed by atoms with Crippen molar-refractivity contribution in [2.45, 2.75) is 53.9 Å². The summed E-state index contributed by atoms with van der Waals surface area (Å²) in [6.07, 6.45) is 3.54. The quantitative estimate of drug-likeness (QED) is 0.249. The van der Waals surface area contributed by atoms with E-state index >= 15 is 0 Å². The fourth-order valence-electron chi connectivity index (χ4n) is 1.52. The highest BCUT2D eigenvalue weighted by molar-refractivity contribution is 14.0. The van der Waals surface area contributed by atoms with Gasteiger partial charge in [0.2, 0.25) is 5.91 Å². The maximum Gasteiger partial charge on any atom is 0.225 e. The molecule has 0 aromatic carbocycles. The van der Waals surface area contributed by atoms with E-state index in [1.165, 1.54) is 12.8 Å². The number of carbonyl (C=O) groups is 1. The number of nitrogens with zero attached hydrogens (tertiary/aromatic N) is 1. The molecule has 5 nitrogen and oxygen atoms in total. The first-order valence-electron chi connectivity index (χ1n) is 7.72. The van der Waals surface area contributed by atoms with Crippen LogP contribution in [0.15, 0.2) is 4.99 Å². The lowest BCUT2D eigenvalue weighted by Crippen LogP contribution is -2.43. The number of amides is 1. The summed E-state index contributed by atoms with van der Waals surface area (Å²) in [6.45, 7) is 12.9. The predicted octanol–water partition coefficient (Wildman–Crippen LogP) is 2.51. The zero-order valence-corrected chi connectivity index (χ0v) is 16.5. The normalized spacial score (nSPS) is 11.6. The van der Waals surface area contributed by atoms with Crippen LogP contribution in [-0.4, -0.2) is 38.0 Å². The average Bonchev–Trinajstić information content (AvgIpc) is 2.38. The minimum atomic E-state index is -0.335. The number of halogens is 1. The van der Waals surface area contributed by atoms with Crippen LogP contribution >= 0.6 is 24.0 Å². The molecule has 0 spiro atoms. The number of unbranched alkanes of at least 4 members (excludes halogenated alkanes) is 2. The van der Waals surface area contributed by atoms with Crippen LogP contribution in [0.1, 0.15) is 53.9 Å². The molecule has 0 fully saturated rings. The summed E-state index contributed by atoms with van der Waals surface area (Å²) in [6, 6.07) is 0. The smallest absolute Gasteiger partial charge is 0.225 e. The molecule has 1 amide bonds. The third-order valence-electron chi connectivity index (χ3n) is 2.76. The van der Waals surface area contributed by atoms with Crippen molar-refractivity contribution in [2.24, 2.45) is 10.4 Å². The van der Waals surface area contributed by atoms with Gasteiger partial charge in [0, 0.05) is 31.6 Å². The molecule has 0 saturated heterocycles. The van der Waals surface area contributed by atoms with Crippen LogP contribution < -0.4 is 16.0 Å². The summed E-state index contributed by atoms with van der Waals surface area (Å²) < 4.78 is 0. The lowest BCUT2D eigenvalue weighted by molar-refractivity contribution is -0.128. The zero-order valence-electron chi connectivity index (χ0n) is 14.2. The first-order chi connectivity index (χ1) is 9.41. The number of rotatable bonds is 8. The van der Waals surface area contributed by atoms with E-state index in [2.05, 4.69) is 27.9 Å². The largest absolute Gasteiger partial charge is 0.357 e. The monoisotopic (exact) mass is 412 g/mol. The minimum Gasteiger partial charge on any atom is -0.357 e. The molecular formula is C15H33IN4O. The molecule has 0 heterocycles. The van der Waals surface area contributed by atoms with E-state index in [1.54, 1.807) is 0 Å². The molecule has 6 heteroatoms. The van der Waals surface area contributed by atoms with E-state index in [0.29, 0.717) is 13.1 Å². The fraction of sp³-hybridized carbons (Fsp3) is 0.867. The Bertz CT molecular complexity index is 301. The van der Waals surface area contributed by atoms with E-state index < -0.39 is 0 Å². The number of nitrogens with one attached hydrogen (secondary N) is 3. The average molecular weight is 412 g/mol. The molecule has 0 radical (unpaired) electrons. The molecule has 0 aliphatic carbocycles. The summed E-state index contributed by atoms with van der Waals surface area (Å²) in [5.41, 5.74) is -0.335. The van der Waals surface area contributed by atoms with Gasteiger partial charge in [-0.25, -0.2) is 0 Å². The minimum absolute atomic E-state index is 0. The second-order valence-electron chi connectivity index (χ2n) is 5.90. The number of hydrogen-bond acceptors (Lipinski definition) is 2. The molecule has 0 rings (SSSR count). The maximum atomic E-state index is 11.7. The molecule has 21 heavy (non-hydrogen) atoms. The first kappa shape index (κ1) is 22.7. The lowest BCUT2D eigenvalue weighted by atomic mass is 9.96. The van der Waals surface area contributed by atoms with Crippen molar-refractivity contribution in [1.29, 1.82) is 0 Å². The van der Waals surface area contributed by atoms with Crippen LogP contribution in [0, 0.1) is 5.41 Å². The van der Waals surface area contributed by atoms with Crippen LogP contribution in [0.25, 0.3) is 0 Å². The Kier molecular flexibility index (Phi) is 14.2. The summed E-state index contributed by atoms with van der Waals surface area (Å²) in [4.78, 5) is 16.2. The third kappa shape index (κ3) is 12.9. The standard InChI is InChI=1S/C15H32N4O.HI/c1-6-8-9-10-18-14(16-7-2)19-12-11-17-13(20)15(3,4)5;/h6-12H2,1-5H3,(H,17,20)(H2,16,18,19);1H. The summed E-state index contributed by atoms with van der Waals surface area (Å²) in [7, 11) is 0. The zero-order chi connectivity index (χ0) is 15.4. The predicted molar refractivity (Wildman–Crippen MR) is 101 cm³/mol. The van der Waals surface area contributed by atoms with Gasteiger partial charge in [0.05, 0.1) is 0 Å². The lowest BCUT2D eigenvalue weighted by Gasteiger charge is -2.18. The molecule has 0 aliphatic heterocycles. The van der Waals surface area contributed by atoms with Gasteiger partial charge in [-0.2, -0.15) is 0 Å². The Morgan fingerprint density at radius 3 is 2.14 bits per heavy atom. The van der Waals surface area contributed by atoms with Gasteiger partial charge in [-0.3, -0.25) is 9.79 Å². The summed E-state index contributed by atoms with van der Waals surface area (Å²) in [5, 5.41) is 9.34.